The Morgan fingerprint density at radius 3 is 0.964 bits per heavy atom. The van der Waals surface area contributed by atoms with Gasteiger partial charge in [-0.2, -0.15) is 0 Å². The number of anilines is 4. The van der Waals surface area contributed by atoms with Crippen molar-refractivity contribution >= 4 is 123 Å². The van der Waals surface area contributed by atoms with Crippen molar-refractivity contribution in [3.63, 3.8) is 0 Å². The predicted octanol–water partition coefficient (Wildman–Crippen LogP) is 17.8. The first-order chi connectivity index (χ1) is 67.9. The summed E-state index contributed by atoms with van der Waals surface area (Å²) >= 11 is 0. The van der Waals surface area contributed by atoms with Crippen LogP contribution < -0.4 is 26.6 Å². The molecule has 24 rings (SSSR count). The van der Waals surface area contributed by atoms with Gasteiger partial charge in [0.05, 0.1) is 81.0 Å². The summed E-state index contributed by atoms with van der Waals surface area (Å²) in [5.41, 5.74) is 17.2. The number of aromatic nitrogens is 12. The molecule has 4 aliphatic carbocycles. The second-order valence-electron chi connectivity index (χ2n) is 37.9. The highest BCUT2D eigenvalue weighted by molar-refractivity contribution is 6.15. The van der Waals surface area contributed by atoms with Crippen LogP contribution in [0, 0.1) is 5.82 Å². The molecule has 16 aromatic rings. The molecule has 712 valence electrons. The molecule has 1 amide bonds. The van der Waals surface area contributed by atoms with Crippen LogP contribution in [-0.2, 0) is 25.6 Å². The Hall–Kier alpha value is -13.0. The van der Waals surface area contributed by atoms with Crippen molar-refractivity contribution in [1.29, 1.82) is 0 Å². The van der Waals surface area contributed by atoms with E-state index in [4.69, 9.17) is 18.9 Å². The molecule has 0 atom stereocenters. The lowest BCUT2D eigenvalue weighted by atomic mass is 9.90. The first-order valence-electron chi connectivity index (χ1n) is 49.4. The van der Waals surface area contributed by atoms with Crippen LogP contribution in [0.3, 0.4) is 0 Å². The van der Waals surface area contributed by atoms with E-state index in [1.165, 1.54) is 57.4 Å². The van der Waals surface area contributed by atoms with E-state index in [0.29, 0.717) is 65.0 Å². The summed E-state index contributed by atoms with van der Waals surface area (Å²) < 4.78 is 36.0. The van der Waals surface area contributed by atoms with Gasteiger partial charge in [-0.1, -0.05) is 78.9 Å². The summed E-state index contributed by atoms with van der Waals surface area (Å²) in [6.07, 6.45) is 26.1. The number of benzene rings is 8. The quantitative estimate of drug-likeness (QED) is 0.0335. The number of carbonyl (C=O) groups excluding carboxylic acids is 2. The molecule has 11 N–H and O–H groups in total. The van der Waals surface area contributed by atoms with Gasteiger partial charge < -0.3 is 75.7 Å². The number of nitrogens with one attached hydrogen (secondary N) is 9. The first-order valence-corrected chi connectivity index (χ1v) is 49.4. The molecule has 12 heterocycles. The minimum absolute atomic E-state index is 0.0829. The summed E-state index contributed by atoms with van der Waals surface area (Å²) in [7, 11) is 1.64. The van der Waals surface area contributed by atoms with Crippen LogP contribution in [0.4, 0.5) is 27.7 Å². The normalized spacial score (nSPS) is 21.6. The molecule has 8 aliphatic rings. The SMILES string of the molecule is CNC(=O)c1ccc(-c2ccc3[nH]c4ncnc(NC5CCC(N6CCOCC6)CC5)c4c3c2)cc1.O=Cc1ccc(-c2ccc3[nH]c4ncnc(NC5CCC(N6CCOCC6)CC5)c4c3c2)cc1.OCc1cc(-c2ccc3[nH]c4ncnc(NC5CCC(N6CCOCC6)CC5)c4c3c2)ccc1F.Oc1cccc(-c2ccc3[nH]c4ncnc(NC5CCC(N6CCOCC6)CC5)c4c3c2)c1. The molecule has 4 aliphatic heterocycles. The van der Waals surface area contributed by atoms with Gasteiger partial charge >= 0.3 is 0 Å². The number of hydrogen-bond acceptors (Lipinski definition) is 24. The van der Waals surface area contributed by atoms with E-state index in [-0.39, 0.29) is 18.3 Å². The average Bonchev–Trinajstić information content (AvgIpc) is 1.62. The fourth-order valence-corrected chi connectivity index (χ4v) is 22.2. The number of aliphatic hydroxyl groups is 1. The molecule has 0 spiro atoms. The number of aldehydes is 1. The molecule has 8 fully saturated rings. The second kappa shape index (κ2) is 42.1. The van der Waals surface area contributed by atoms with Crippen LogP contribution >= 0.6 is 0 Å². The smallest absolute Gasteiger partial charge is 0.251 e. The van der Waals surface area contributed by atoms with Gasteiger partial charge in [-0.3, -0.25) is 29.2 Å². The Labute approximate surface area is 799 Å². The zero-order valence-electron chi connectivity index (χ0n) is 78.0. The van der Waals surface area contributed by atoms with Crippen LogP contribution in [0.2, 0.25) is 0 Å². The van der Waals surface area contributed by atoms with E-state index in [0.717, 1.165) is 318 Å². The van der Waals surface area contributed by atoms with E-state index < -0.39 is 5.82 Å². The monoisotopic (exact) mass is 1860 g/mol. The number of halogens is 1. The number of carbonyl (C=O) groups is 2. The van der Waals surface area contributed by atoms with Crippen molar-refractivity contribution in [2.75, 3.05) is 134 Å². The molecule has 138 heavy (non-hydrogen) atoms. The molecule has 0 bridgehead atoms. The molecule has 8 aromatic carbocycles. The summed E-state index contributed by atoms with van der Waals surface area (Å²) in [4.78, 5) is 83.6. The first kappa shape index (κ1) is 91.4. The molecular weight excluding hydrogens is 1740 g/mol. The van der Waals surface area contributed by atoms with E-state index in [1.54, 1.807) is 56.6 Å². The molecule has 4 saturated carbocycles. The Kier molecular flexibility index (Phi) is 27.9. The highest BCUT2D eigenvalue weighted by Gasteiger charge is 2.34. The highest BCUT2D eigenvalue weighted by Crippen LogP contribution is 2.42. The van der Waals surface area contributed by atoms with Crippen molar-refractivity contribution in [2.24, 2.45) is 0 Å². The maximum Gasteiger partial charge on any atom is 0.251 e. The fraction of sp³-hybridized carbons (Fsp3) is 0.389. The third-order valence-electron chi connectivity index (χ3n) is 29.8. The van der Waals surface area contributed by atoms with E-state index >= 15 is 0 Å². The number of aliphatic hydroxyl groups excluding tert-OH is 1. The number of phenolic OH excluding ortho intramolecular Hbond substituents is 1. The number of hydrogen-bond donors (Lipinski definition) is 11. The number of rotatable bonds is 19. The van der Waals surface area contributed by atoms with E-state index in [1.807, 2.05) is 72.8 Å². The van der Waals surface area contributed by atoms with Crippen molar-refractivity contribution in [2.45, 2.75) is 158 Å². The van der Waals surface area contributed by atoms with Crippen LogP contribution in [-0.4, -0.2) is 262 Å². The van der Waals surface area contributed by atoms with Crippen LogP contribution in [0.15, 0.2) is 189 Å². The number of morpholine rings is 4. The predicted molar refractivity (Wildman–Crippen MR) is 542 cm³/mol. The van der Waals surface area contributed by atoms with Crippen LogP contribution in [0.1, 0.15) is 129 Å². The molecule has 30 heteroatoms. The lowest BCUT2D eigenvalue weighted by Gasteiger charge is -2.39. The van der Waals surface area contributed by atoms with Gasteiger partial charge in [0.1, 0.15) is 89.0 Å². The zero-order valence-corrected chi connectivity index (χ0v) is 78.0. The standard InChI is InChI=1S/C28H32N6O2.C27H30FN5O2.C27H29N5O2.C26H29N5O2/c1-29-28(35)19-4-2-18(3-5-19)20-6-11-24-23(16-20)25-26(30-17-31-27(25)33-24)32-21-7-9-22(10-8-21)34-12-14-36-15-13-34;28-23-7-1-17(13-19(23)15-34)18-2-8-24-22(14-18)25-26(29-16-30-27(25)32-24)31-20-3-5-21(6-4-20)33-9-11-35-12-10-33;33-16-18-1-3-19(4-2-18)20-5-10-24-23(15-20)25-26(28-17-29-27(25)31-24)30-21-6-8-22(9-7-21)32-11-13-34-14-12-32;32-21-3-1-2-17(14-21)18-4-9-23-22(15-18)24-25(27-16-28-26(24)30-23)29-19-5-7-20(8-6-19)31-10-12-33-13-11-31/h2-6,11,16-17,21-22H,7-10,12-15H2,1H3,(H,29,35)(H2,30,31,32,33);1-2,7-8,13-14,16,20-21,34H,3-6,9-12,15H2,(H2,29,30,31,32);1-5,10,15-17,21-22H,6-9,11-14H2,(H2,28,29,30,31);1-4,9,14-16,19-20,32H,5-8,10-13H2,(H2,27,28,29,30). The van der Waals surface area contributed by atoms with Crippen LogP contribution in [0.5, 0.6) is 5.75 Å². The van der Waals surface area contributed by atoms with Gasteiger partial charge in [0.15, 0.2) is 0 Å². The molecule has 8 aromatic heterocycles. The Morgan fingerprint density at radius 1 is 0.370 bits per heavy atom. The van der Waals surface area contributed by atoms with Gasteiger partial charge in [0.25, 0.3) is 5.91 Å². The summed E-state index contributed by atoms with van der Waals surface area (Å²) in [6.45, 7) is 15.0. The Bertz CT molecular complexity index is 6940. The number of amides is 1. The largest absolute Gasteiger partial charge is 0.508 e. The summed E-state index contributed by atoms with van der Waals surface area (Å²) in [5, 5.41) is 45.4. The average molecular weight is 1860 g/mol. The maximum atomic E-state index is 13.9. The topological polar surface area (TPSA) is 351 Å². The van der Waals surface area contributed by atoms with Crippen LogP contribution in [0.25, 0.3) is 132 Å². The van der Waals surface area contributed by atoms with Crippen molar-refractivity contribution in [3.05, 3.63) is 212 Å². The van der Waals surface area contributed by atoms with Gasteiger partial charge in [-0.15, -0.1) is 0 Å². The fourth-order valence-electron chi connectivity index (χ4n) is 22.2. The van der Waals surface area contributed by atoms with E-state index in [9.17, 15) is 24.2 Å². The molecular formula is C108H120FN21O8. The summed E-state index contributed by atoms with van der Waals surface area (Å²) in [6, 6.07) is 57.1. The van der Waals surface area contributed by atoms with Gasteiger partial charge in [-0.25, -0.2) is 44.3 Å². The lowest BCUT2D eigenvalue weighted by molar-refractivity contribution is 0.00788. The third-order valence-corrected chi connectivity index (χ3v) is 29.8. The Morgan fingerprint density at radius 2 is 0.659 bits per heavy atom. The van der Waals surface area contributed by atoms with Gasteiger partial charge in [0, 0.05) is 168 Å². The number of nitrogens with zero attached hydrogens (tertiary/aromatic N) is 12. The van der Waals surface area contributed by atoms with Crippen molar-refractivity contribution in [3.8, 4) is 50.3 Å². The molecule has 0 radical (unpaired) electrons. The summed E-state index contributed by atoms with van der Waals surface area (Å²) in [5.74, 6) is 3.34. The Balaban J connectivity index is 0.000000110. The zero-order chi connectivity index (χ0) is 93.4. The number of phenols is 1. The number of ether oxygens (including phenoxy) is 4. The number of aromatic amines is 4. The lowest BCUT2D eigenvalue weighted by Crippen LogP contribution is -2.46. The maximum absolute atomic E-state index is 13.9. The number of fused-ring (bicyclic) bond motifs is 12. The number of aromatic hydroxyl groups is 1. The second-order valence-corrected chi connectivity index (χ2v) is 37.9. The minimum atomic E-state index is -0.396. The highest BCUT2D eigenvalue weighted by atomic mass is 19.1. The third kappa shape index (κ3) is 20.3. The molecule has 4 saturated heterocycles. The minimum Gasteiger partial charge on any atom is -0.508 e. The number of H-pyrrole nitrogens is 4. The van der Waals surface area contributed by atoms with Crippen molar-refractivity contribution < 1.29 is 43.1 Å². The van der Waals surface area contributed by atoms with Gasteiger partial charge in [-0.05, 0) is 232 Å². The molecule has 0 unspecified atom stereocenters. The van der Waals surface area contributed by atoms with E-state index in [2.05, 4.69) is 167 Å². The van der Waals surface area contributed by atoms with Crippen molar-refractivity contribution in [1.82, 2.24) is 84.7 Å². The van der Waals surface area contributed by atoms with Gasteiger partial charge in [0.2, 0.25) is 0 Å². The molecule has 29 nitrogen and oxygen atoms in total.